The summed E-state index contributed by atoms with van der Waals surface area (Å²) < 4.78 is 0.643. The summed E-state index contributed by atoms with van der Waals surface area (Å²) >= 11 is 10.8. The number of rotatable bonds is 3. The van der Waals surface area contributed by atoms with Crippen LogP contribution in [0.5, 0.6) is 0 Å². The molecule has 0 heterocycles. The second-order valence-electron chi connectivity index (χ2n) is 6.71. The first-order valence-corrected chi connectivity index (χ1v) is 7.97. The van der Waals surface area contributed by atoms with Gasteiger partial charge in [-0.25, -0.2) is 0 Å². The number of allylic oxidation sites excluding steroid dienone is 1. The van der Waals surface area contributed by atoms with Crippen molar-refractivity contribution in [1.82, 2.24) is 0 Å². The summed E-state index contributed by atoms with van der Waals surface area (Å²) in [6.45, 7) is 7.08. The fourth-order valence-electron chi connectivity index (χ4n) is 4.04. The number of thiocarbonyl (C=S) groups is 1. The molecule has 2 bridgehead atoms. The molecule has 0 radical (unpaired) electrons. The summed E-state index contributed by atoms with van der Waals surface area (Å²) in [5, 5.41) is 3.63. The van der Waals surface area contributed by atoms with E-state index in [2.05, 4.69) is 50.4 Å². The van der Waals surface area contributed by atoms with Crippen molar-refractivity contribution in [1.29, 1.82) is 0 Å². The van der Waals surface area contributed by atoms with Crippen molar-refractivity contribution in [3.8, 4) is 0 Å². The molecule has 0 spiro atoms. The Morgan fingerprint density at radius 3 is 2.43 bits per heavy atom. The van der Waals surface area contributed by atoms with E-state index in [1.807, 2.05) is 6.07 Å². The monoisotopic (exact) mass is 309 g/mol. The van der Waals surface area contributed by atoms with Crippen LogP contribution in [-0.2, 0) is 12.6 Å². The minimum atomic E-state index is 0. The van der Waals surface area contributed by atoms with Gasteiger partial charge < -0.3 is 30.2 Å². The van der Waals surface area contributed by atoms with Gasteiger partial charge in [0.1, 0.15) is 0 Å². The van der Waals surface area contributed by atoms with E-state index in [0.29, 0.717) is 10.1 Å². The Labute approximate surface area is 150 Å². The van der Waals surface area contributed by atoms with Crippen LogP contribution in [0.3, 0.4) is 0 Å². The van der Waals surface area contributed by atoms with Crippen molar-refractivity contribution in [2.24, 2.45) is 16.7 Å². The second kappa shape index (κ2) is 5.70. The number of anilines is 1. The van der Waals surface area contributed by atoms with Crippen molar-refractivity contribution in [3.63, 3.8) is 0 Å². The molecule has 1 aromatic rings. The predicted molar refractivity (Wildman–Crippen MR) is 91.7 cm³/mol. The molecule has 2 aliphatic rings. The van der Waals surface area contributed by atoms with Crippen molar-refractivity contribution in [2.75, 3.05) is 5.32 Å². The van der Waals surface area contributed by atoms with Crippen molar-refractivity contribution < 1.29 is 18.9 Å². The van der Waals surface area contributed by atoms with E-state index in [9.17, 15) is 0 Å². The summed E-state index contributed by atoms with van der Waals surface area (Å²) in [5.41, 5.74) is 3.98. The fourth-order valence-corrected chi connectivity index (χ4v) is 4.53. The Kier molecular flexibility index (Phi) is 4.62. The summed E-state index contributed by atoms with van der Waals surface area (Å²) in [6, 6.07) is 10.3. The Morgan fingerprint density at radius 1 is 1.24 bits per heavy atom. The summed E-state index contributed by atoms with van der Waals surface area (Å²) in [4.78, 5) is 0. The molecule has 0 aromatic heterocycles. The first kappa shape index (κ1) is 17.0. The number of benzene rings is 1. The van der Waals surface area contributed by atoms with Crippen LogP contribution >= 0.6 is 12.2 Å². The molecule has 1 aromatic carbocycles. The zero-order chi connectivity index (χ0) is 14.5. The minimum absolute atomic E-state index is 0. The maximum atomic E-state index is 5.38. The van der Waals surface area contributed by atoms with Crippen molar-refractivity contribution in [2.45, 2.75) is 33.6 Å². The number of para-hydroxylation sites is 1. The summed E-state index contributed by atoms with van der Waals surface area (Å²) in [6.07, 6.45) is 2.41. The van der Waals surface area contributed by atoms with Gasteiger partial charge in [0.25, 0.3) is 0 Å². The van der Waals surface area contributed by atoms with Gasteiger partial charge in [-0.05, 0) is 41.9 Å². The minimum Gasteiger partial charge on any atom is -0.428 e. The molecule has 0 aliphatic heterocycles. The SMILES string of the molecule is CC12CCC(C(C(=S)[S-])=C1Nc1ccccc1)C2(C)C.[Li+]. The maximum Gasteiger partial charge on any atom is 1.00 e. The molecule has 106 valence electrons. The molecule has 0 saturated heterocycles. The smallest absolute Gasteiger partial charge is 0.428 e. The van der Waals surface area contributed by atoms with Gasteiger partial charge in [-0.1, -0.05) is 39.0 Å². The quantitative estimate of drug-likeness (QED) is 0.518. The third-order valence-electron chi connectivity index (χ3n) is 5.66. The average Bonchev–Trinajstić information content (AvgIpc) is 2.71. The zero-order valence-corrected chi connectivity index (χ0v) is 14.8. The standard InChI is InChI=1S/C17H21NS2.Li/c1-16(2)12-9-10-17(16,3)14(13(12)15(19)20)18-11-7-5-4-6-8-11;/h4-8,12,18H,9-10H2,1-3H3,(H,19,20);/q;+1/p-1. The molecular formula is C17H20LiNS2. The number of hydrogen-bond donors (Lipinski definition) is 1. The van der Waals surface area contributed by atoms with Crippen LogP contribution in [0.25, 0.3) is 0 Å². The molecule has 21 heavy (non-hydrogen) atoms. The average molecular weight is 309 g/mol. The number of fused-ring (bicyclic) bond motifs is 2. The van der Waals surface area contributed by atoms with E-state index in [0.717, 1.165) is 5.69 Å². The van der Waals surface area contributed by atoms with Crippen LogP contribution in [0.2, 0.25) is 0 Å². The molecule has 2 unspecified atom stereocenters. The van der Waals surface area contributed by atoms with E-state index in [4.69, 9.17) is 24.8 Å². The fraction of sp³-hybridized carbons (Fsp3) is 0.471. The van der Waals surface area contributed by atoms with Crippen LogP contribution in [0.1, 0.15) is 33.6 Å². The van der Waals surface area contributed by atoms with Gasteiger partial charge in [0, 0.05) is 16.8 Å². The second-order valence-corrected chi connectivity index (χ2v) is 7.79. The van der Waals surface area contributed by atoms with E-state index in [1.54, 1.807) is 0 Å². The van der Waals surface area contributed by atoms with Crippen LogP contribution in [-0.4, -0.2) is 4.20 Å². The molecule has 1 saturated carbocycles. The first-order valence-electron chi connectivity index (χ1n) is 7.16. The molecular weight excluding hydrogens is 289 g/mol. The van der Waals surface area contributed by atoms with Gasteiger partial charge in [-0.15, -0.1) is 4.20 Å². The van der Waals surface area contributed by atoms with E-state index in [-0.39, 0.29) is 29.7 Å². The van der Waals surface area contributed by atoms with Crippen LogP contribution in [0.4, 0.5) is 5.69 Å². The van der Waals surface area contributed by atoms with Crippen LogP contribution in [0.15, 0.2) is 41.6 Å². The van der Waals surface area contributed by atoms with Crippen molar-refractivity contribution >= 4 is 34.7 Å². The molecule has 1 fully saturated rings. The van der Waals surface area contributed by atoms with E-state index >= 15 is 0 Å². The number of nitrogens with one attached hydrogen (secondary N) is 1. The van der Waals surface area contributed by atoms with Crippen LogP contribution < -0.4 is 24.2 Å². The Bertz CT molecular complexity index is 594. The van der Waals surface area contributed by atoms with Gasteiger partial charge in [0.05, 0.1) is 0 Å². The molecule has 1 nitrogen and oxygen atoms in total. The molecule has 2 atom stereocenters. The predicted octanol–water partition coefficient (Wildman–Crippen LogP) is 1.69. The first-order chi connectivity index (χ1) is 9.38. The van der Waals surface area contributed by atoms with Crippen molar-refractivity contribution in [3.05, 3.63) is 41.6 Å². The summed E-state index contributed by atoms with van der Waals surface area (Å²) in [5.74, 6) is 0.503. The van der Waals surface area contributed by atoms with Gasteiger partial charge in [0.15, 0.2) is 0 Å². The summed E-state index contributed by atoms with van der Waals surface area (Å²) in [7, 11) is 0. The zero-order valence-electron chi connectivity index (χ0n) is 13.2. The third-order valence-corrected chi connectivity index (χ3v) is 6.10. The van der Waals surface area contributed by atoms with E-state index in [1.165, 1.54) is 24.1 Å². The Hall–Kier alpha value is -0.333. The Balaban J connectivity index is 0.00000161. The third kappa shape index (κ3) is 2.39. The maximum absolute atomic E-state index is 5.38. The van der Waals surface area contributed by atoms with Gasteiger partial charge >= 0.3 is 18.9 Å². The van der Waals surface area contributed by atoms with Gasteiger partial charge in [-0.2, -0.15) is 0 Å². The molecule has 1 N–H and O–H groups in total. The molecule has 3 rings (SSSR count). The van der Waals surface area contributed by atoms with Gasteiger partial charge in [-0.3, -0.25) is 0 Å². The molecule has 0 amide bonds. The Morgan fingerprint density at radius 2 is 1.86 bits per heavy atom. The van der Waals surface area contributed by atoms with Crippen LogP contribution in [0, 0.1) is 16.7 Å². The topological polar surface area (TPSA) is 12.0 Å². The molecule has 2 aliphatic carbocycles. The number of hydrogen-bond acceptors (Lipinski definition) is 3. The normalized spacial score (nSPS) is 29.2. The van der Waals surface area contributed by atoms with Gasteiger partial charge in [0.2, 0.25) is 0 Å². The largest absolute Gasteiger partial charge is 1.00 e. The molecule has 4 heteroatoms. The van der Waals surface area contributed by atoms with E-state index < -0.39 is 0 Å².